The lowest BCUT2D eigenvalue weighted by molar-refractivity contribution is 0.0693. The minimum Gasteiger partial charge on any atom is -0.478 e. The minimum absolute atomic E-state index is 0.282. The Kier molecular flexibility index (Phi) is 3.93. The number of rotatable bonds is 3. The highest BCUT2D eigenvalue weighted by molar-refractivity contribution is 9.10. The first-order valence-corrected chi connectivity index (χ1v) is 6.74. The number of benzene rings is 2. The van der Waals surface area contributed by atoms with E-state index < -0.39 is 5.97 Å². The summed E-state index contributed by atoms with van der Waals surface area (Å²) >= 11 is 4.69. The maximum atomic E-state index is 11.1. The molecule has 0 amide bonds. The topological polar surface area (TPSA) is 63.3 Å². The predicted molar refractivity (Wildman–Crippen MR) is 76.1 cm³/mol. The van der Waals surface area contributed by atoms with Gasteiger partial charge in [0, 0.05) is 20.0 Å². The van der Waals surface area contributed by atoms with Gasteiger partial charge in [0.1, 0.15) is 0 Å². The molecule has 0 aliphatic carbocycles. The Bertz CT molecular complexity index is 601. The minimum atomic E-state index is -0.936. The van der Waals surface area contributed by atoms with E-state index in [-0.39, 0.29) is 5.56 Å². The molecule has 0 unspecified atom stereocenters. The lowest BCUT2D eigenvalue weighted by atomic mass is 10.2. The molecule has 0 spiro atoms. The fraction of sp³-hybridized carbons (Fsp3) is 0. The number of halogens is 1. The Morgan fingerprint density at radius 1 is 1.17 bits per heavy atom. The molecule has 5 heteroatoms. The average Bonchev–Trinajstić information content (AvgIpc) is 2.33. The number of nitrogens with two attached hydrogens (primary N) is 1. The van der Waals surface area contributed by atoms with Crippen LogP contribution >= 0.6 is 27.7 Å². The molecule has 0 aliphatic heterocycles. The van der Waals surface area contributed by atoms with Gasteiger partial charge < -0.3 is 10.8 Å². The SMILES string of the molecule is Nc1cc(Br)ccc1Sc1ccccc1C(=O)O. The molecule has 0 fully saturated rings. The second-order valence-corrected chi connectivity index (χ2v) is 5.58. The lowest BCUT2D eigenvalue weighted by Gasteiger charge is -2.08. The average molecular weight is 324 g/mol. The van der Waals surface area contributed by atoms with E-state index in [2.05, 4.69) is 15.9 Å². The Morgan fingerprint density at radius 2 is 1.89 bits per heavy atom. The summed E-state index contributed by atoms with van der Waals surface area (Å²) in [7, 11) is 0. The Morgan fingerprint density at radius 3 is 2.56 bits per heavy atom. The van der Waals surface area contributed by atoms with E-state index in [1.165, 1.54) is 11.8 Å². The van der Waals surface area contributed by atoms with Gasteiger partial charge in [-0.25, -0.2) is 4.79 Å². The molecule has 3 nitrogen and oxygen atoms in total. The first kappa shape index (κ1) is 13.0. The highest BCUT2D eigenvalue weighted by atomic mass is 79.9. The molecular formula is C13H10BrNO2S. The highest BCUT2D eigenvalue weighted by Gasteiger charge is 2.11. The second kappa shape index (κ2) is 5.46. The van der Waals surface area contributed by atoms with Gasteiger partial charge in [-0.1, -0.05) is 39.8 Å². The summed E-state index contributed by atoms with van der Waals surface area (Å²) in [5, 5.41) is 9.11. The van der Waals surface area contributed by atoms with Crippen molar-refractivity contribution in [1.29, 1.82) is 0 Å². The summed E-state index contributed by atoms with van der Waals surface area (Å²) in [4.78, 5) is 12.6. The van der Waals surface area contributed by atoms with Crippen LogP contribution in [-0.2, 0) is 0 Å². The normalized spacial score (nSPS) is 10.3. The van der Waals surface area contributed by atoms with Gasteiger partial charge >= 0.3 is 5.97 Å². The molecule has 0 heterocycles. The second-order valence-electron chi connectivity index (χ2n) is 3.59. The van der Waals surface area contributed by atoms with Crippen LogP contribution in [0.25, 0.3) is 0 Å². The summed E-state index contributed by atoms with van der Waals surface area (Å²) in [6.07, 6.45) is 0. The zero-order valence-corrected chi connectivity index (χ0v) is 11.7. The number of nitrogen functional groups attached to an aromatic ring is 1. The zero-order chi connectivity index (χ0) is 13.1. The van der Waals surface area contributed by atoms with Gasteiger partial charge in [0.15, 0.2) is 0 Å². The highest BCUT2D eigenvalue weighted by Crippen LogP contribution is 2.35. The maximum Gasteiger partial charge on any atom is 0.336 e. The van der Waals surface area contributed by atoms with Crippen molar-refractivity contribution in [2.24, 2.45) is 0 Å². The Labute approximate surface area is 117 Å². The van der Waals surface area contributed by atoms with Gasteiger partial charge in [0.2, 0.25) is 0 Å². The van der Waals surface area contributed by atoms with E-state index in [4.69, 9.17) is 10.8 Å². The third kappa shape index (κ3) is 2.86. The quantitative estimate of drug-likeness (QED) is 0.841. The van der Waals surface area contributed by atoms with Crippen LogP contribution in [0.4, 0.5) is 5.69 Å². The van der Waals surface area contributed by atoms with E-state index in [0.717, 1.165) is 9.37 Å². The molecule has 92 valence electrons. The number of carboxylic acid groups (broad SMARTS) is 1. The fourth-order valence-electron chi connectivity index (χ4n) is 1.46. The van der Waals surface area contributed by atoms with Crippen molar-refractivity contribution in [2.45, 2.75) is 9.79 Å². The van der Waals surface area contributed by atoms with Crippen LogP contribution < -0.4 is 5.73 Å². The van der Waals surface area contributed by atoms with Gasteiger partial charge in [0.25, 0.3) is 0 Å². The molecule has 2 aromatic rings. The van der Waals surface area contributed by atoms with Crippen molar-refractivity contribution in [3.63, 3.8) is 0 Å². The van der Waals surface area contributed by atoms with E-state index >= 15 is 0 Å². The largest absolute Gasteiger partial charge is 0.478 e. The predicted octanol–water partition coefficient (Wildman–Crippen LogP) is 3.88. The molecule has 3 N–H and O–H groups in total. The Balaban J connectivity index is 2.37. The first-order chi connectivity index (χ1) is 8.58. The number of carboxylic acids is 1. The lowest BCUT2D eigenvalue weighted by Crippen LogP contribution is -1.98. The van der Waals surface area contributed by atoms with Crippen molar-refractivity contribution in [1.82, 2.24) is 0 Å². The number of hydrogen-bond donors (Lipinski definition) is 2. The molecule has 18 heavy (non-hydrogen) atoms. The van der Waals surface area contributed by atoms with Crippen molar-refractivity contribution < 1.29 is 9.90 Å². The first-order valence-electron chi connectivity index (χ1n) is 5.13. The third-order valence-corrected chi connectivity index (χ3v) is 3.97. The number of aromatic carboxylic acids is 1. The van der Waals surface area contributed by atoms with Crippen LogP contribution in [0.1, 0.15) is 10.4 Å². The summed E-state index contributed by atoms with van der Waals surface area (Å²) in [6.45, 7) is 0. The number of anilines is 1. The molecule has 0 saturated carbocycles. The number of carbonyl (C=O) groups is 1. The molecule has 0 atom stereocenters. The van der Waals surface area contributed by atoms with Crippen molar-refractivity contribution in [2.75, 3.05) is 5.73 Å². The van der Waals surface area contributed by atoms with E-state index in [1.54, 1.807) is 24.3 Å². The van der Waals surface area contributed by atoms with Crippen LogP contribution in [0.3, 0.4) is 0 Å². The summed E-state index contributed by atoms with van der Waals surface area (Å²) < 4.78 is 0.899. The zero-order valence-electron chi connectivity index (χ0n) is 9.26. The van der Waals surface area contributed by atoms with Crippen molar-refractivity contribution in [3.05, 3.63) is 52.5 Å². The molecule has 0 aliphatic rings. The van der Waals surface area contributed by atoms with Crippen molar-refractivity contribution in [3.8, 4) is 0 Å². The van der Waals surface area contributed by atoms with Gasteiger partial charge in [-0.05, 0) is 30.3 Å². The molecule has 2 rings (SSSR count). The van der Waals surface area contributed by atoms with Crippen molar-refractivity contribution >= 4 is 39.3 Å². The number of hydrogen-bond acceptors (Lipinski definition) is 3. The smallest absolute Gasteiger partial charge is 0.336 e. The fourth-order valence-corrected chi connectivity index (χ4v) is 2.80. The van der Waals surface area contributed by atoms with E-state index in [9.17, 15) is 4.79 Å². The summed E-state index contributed by atoms with van der Waals surface area (Å²) in [6, 6.07) is 12.4. The molecule has 0 bridgehead atoms. The van der Waals surface area contributed by atoms with Gasteiger partial charge in [-0.15, -0.1) is 0 Å². The molecule has 0 aromatic heterocycles. The molecule has 2 aromatic carbocycles. The molecule has 0 radical (unpaired) electrons. The van der Waals surface area contributed by atoms with Gasteiger partial charge in [0.05, 0.1) is 5.56 Å². The summed E-state index contributed by atoms with van der Waals surface area (Å²) in [5.41, 5.74) is 6.80. The van der Waals surface area contributed by atoms with Gasteiger partial charge in [-0.2, -0.15) is 0 Å². The van der Waals surface area contributed by atoms with Gasteiger partial charge in [-0.3, -0.25) is 0 Å². The Hall–Kier alpha value is -1.46. The summed E-state index contributed by atoms with van der Waals surface area (Å²) in [5.74, 6) is -0.936. The maximum absolute atomic E-state index is 11.1. The van der Waals surface area contributed by atoms with Crippen LogP contribution in [0.2, 0.25) is 0 Å². The van der Waals surface area contributed by atoms with Crippen LogP contribution in [-0.4, -0.2) is 11.1 Å². The van der Waals surface area contributed by atoms with E-state index in [0.29, 0.717) is 10.6 Å². The van der Waals surface area contributed by atoms with E-state index in [1.807, 2.05) is 18.2 Å². The molecule has 0 saturated heterocycles. The monoisotopic (exact) mass is 323 g/mol. The van der Waals surface area contributed by atoms with Crippen LogP contribution in [0, 0.1) is 0 Å². The molecular weight excluding hydrogens is 314 g/mol. The van der Waals surface area contributed by atoms with Crippen LogP contribution in [0.15, 0.2) is 56.7 Å². The van der Waals surface area contributed by atoms with Crippen LogP contribution in [0.5, 0.6) is 0 Å². The third-order valence-electron chi connectivity index (χ3n) is 2.31. The standard InChI is InChI=1S/C13H10BrNO2S/c14-8-5-6-12(10(15)7-8)18-11-4-2-1-3-9(11)13(16)17/h1-7H,15H2,(H,16,17).